The Kier molecular flexibility index (Phi) is 2.89. The second-order valence-electron chi connectivity index (χ2n) is 5.71. The lowest BCUT2D eigenvalue weighted by molar-refractivity contribution is -0.122. The Morgan fingerprint density at radius 3 is 2.60 bits per heavy atom. The fraction of sp³-hybridized carbons (Fsp3) is 0.375. The number of hydrogen-bond acceptors (Lipinski definition) is 3. The number of fused-ring (bicyclic) bond motifs is 1. The Balaban J connectivity index is 2.02. The molecule has 2 amide bonds. The molecule has 1 aromatic carbocycles. The number of carbonyl (C=O) groups is 2. The van der Waals surface area contributed by atoms with Crippen LogP contribution in [-0.4, -0.2) is 16.9 Å². The van der Waals surface area contributed by atoms with E-state index in [0.717, 1.165) is 11.1 Å². The molecule has 4 nitrogen and oxygen atoms in total. The molecule has 1 aliphatic heterocycles. The molecule has 1 saturated heterocycles. The summed E-state index contributed by atoms with van der Waals surface area (Å²) in [5.74, 6) is -0.947. The maximum atomic E-state index is 12.5. The highest BCUT2D eigenvalue weighted by Gasteiger charge is 2.49. The Morgan fingerprint density at radius 1 is 1.15 bits per heavy atom. The number of imide groups is 1. The number of aryl methyl sites for hydroxylation is 1. The molecule has 2 atom stereocenters. The zero-order valence-electron chi connectivity index (χ0n) is 11.6. The summed E-state index contributed by atoms with van der Waals surface area (Å²) in [6.07, 6.45) is 3.29. The van der Waals surface area contributed by atoms with E-state index in [2.05, 4.69) is 0 Å². The van der Waals surface area contributed by atoms with Crippen LogP contribution in [0.25, 0.3) is 0 Å². The van der Waals surface area contributed by atoms with Crippen LogP contribution in [0.15, 0.2) is 29.8 Å². The van der Waals surface area contributed by atoms with Crippen LogP contribution in [-0.2, 0) is 9.59 Å². The van der Waals surface area contributed by atoms with Gasteiger partial charge in [-0.2, -0.15) is 0 Å². The van der Waals surface area contributed by atoms with Crippen molar-refractivity contribution >= 4 is 17.5 Å². The van der Waals surface area contributed by atoms with Crippen molar-refractivity contribution < 1.29 is 14.7 Å². The Bertz CT molecular complexity index is 633. The minimum absolute atomic E-state index is 0.0272. The van der Waals surface area contributed by atoms with Gasteiger partial charge in [0.15, 0.2) is 0 Å². The SMILES string of the molecule is CC1=CC[C@H]2C(=O)N(c3cc(C)ccc3O)C(=O)[C@H]2C1. The molecule has 1 aliphatic carbocycles. The van der Waals surface area contributed by atoms with Crippen LogP contribution in [0.2, 0.25) is 0 Å². The fourth-order valence-electron chi connectivity index (χ4n) is 3.09. The number of allylic oxidation sites excluding steroid dienone is 2. The first kappa shape index (κ1) is 12.9. The van der Waals surface area contributed by atoms with E-state index in [1.807, 2.05) is 19.9 Å². The van der Waals surface area contributed by atoms with Crippen molar-refractivity contribution in [2.45, 2.75) is 26.7 Å². The number of aromatic hydroxyl groups is 1. The van der Waals surface area contributed by atoms with Gasteiger partial charge in [-0.3, -0.25) is 9.59 Å². The lowest BCUT2D eigenvalue weighted by atomic mass is 9.82. The zero-order chi connectivity index (χ0) is 14.4. The summed E-state index contributed by atoms with van der Waals surface area (Å²) in [7, 11) is 0. The minimum Gasteiger partial charge on any atom is -0.506 e. The van der Waals surface area contributed by atoms with Crippen LogP contribution in [0.4, 0.5) is 5.69 Å². The number of phenolic OH excluding ortho intramolecular Hbond substituents is 1. The number of anilines is 1. The Morgan fingerprint density at radius 2 is 1.85 bits per heavy atom. The third-order valence-electron chi connectivity index (χ3n) is 4.19. The molecule has 1 fully saturated rings. The Hall–Kier alpha value is -2.10. The van der Waals surface area contributed by atoms with Crippen LogP contribution < -0.4 is 4.90 Å². The molecule has 0 radical (unpaired) electrons. The highest BCUT2D eigenvalue weighted by Crippen LogP contribution is 2.42. The van der Waals surface area contributed by atoms with Gasteiger partial charge in [-0.15, -0.1) is 0 Å². The van der Waals surface area contributed by atoms with E-state index in [1.54, 1.807) is 12.1 Å². The molecular weight excluding hydrogens is 254 g/mol. The van der Waals surface area contributed by atoms with Gasteiger partial charge < -0.3 is 5.11 Å². The molecule has 0 aromatic heterocycles. The van der Waals surface area contributed by atoms with Gasteiger partial charge in [-0.25, -0.2) is 4.90 Å². The van der Waals surface area contributed by atoms with E-state index in [4.69, 9.17) is 0 Å². The summed E-state index contributed by atoms with van der Waals surface area (Å²) in [6, 6.07) is 4.96. The number of phenols is 1. The monoisotopic (exact) mass is 271 g/mol. The van der Waals surface area contributed by atoms with Crippen LogP contribution >= 0.6 is 0 Å². The summed E-state index contributed by atoms with van der Waals surface area (Å²) < 4.78 is 0. The standard InChI is InChI=1S/C16H17NO3/c1-9-3-5-11-12(7-9)16(20)17(15(11)19)13-8-10(2)4-6-14(13)18/h3-4,6,8,11-12,18H,5,7H2,1-2H3/t11-,12+/m1/s1. The Labute approximate surface area is 117 Å². The molecule has 1 heterocycles. The first-order chi connectivity index (χ1) is 9.49. The molecule has 1 N–H and O–H groups in total. The first-order valence-corrected chi connectivity index (χ1v) is 6.82. The molecule has 0 spiro atoms. The van der Waals surface area contributed by atoms with E-state index in [1.165, 1.54) is 11.0 Å². The third-order valence-corrected chi connectivity index (χ3v) is 4.19. The van der Waals surface area contributed by atoms with Crippen molar-refractivity contribution in [1.29, 1.82) is 0 Å². The summed E-state index contributed by atoms with van der Waals surface area (Å²) in [5, 5.41) is 9.96. The van der Waals surface area contributed by atoms with E-state index in [9.17, 15) is 14.7 Å². The summed E-state index contributed by atoms with van der Waals surface area (Å²) >= 11 is 0. The molecule has 0 unspecified atom stereocenters. The minimum atomic E-state index is -0.272. The number of amides is 2. The van der Waals surface area contributed by atoms with Gasteiger partial charge in [0, 0.05) is 0 Å². The molecule has 0 bridgehead atoms. The van der Waals surface area contributed by atoms with Gasteiger partial charge in [-0.1, -0.05) is 17.7 Å². The van der Waals surface area contributed by atoms with Crippen molar-refractivity contribution in [1.82, 2.24) is 0 Å². The van der Waals surface area contributed by atoms with Gasteiger partial charge >= 0.3 is 0 Å². The highest BCUT2D eigenvalue weighted by atomic mass is 16.3. The average Bonchev–Trinajstić information content (AvgIpc) is 2.65. The van der Waals surface area contributed by atoms with Crippen molar-refractivity contribution in [3.63, 3.8) is 0 Å². The zero-order valence-corrected chi connectivity index (χ0v) is 11.6. The molecule has 1 aromatic rings. The van der Waals surface area contributed by atoms with E-state index >= 15 is 0 Å². The number of benzene rings is 1. The van der Waals surface area contributed by atoms with Crippen LogP contribution in [0.3, 0.4) is 0 Å². The number of carbonyl (C=O) groups excluding carboxylic acids is 2. The van der Waals surface area contributed by atoms with E-state index in [-0.39, 0.29) is 29.4 Å². The topological polar surface area (TPSA) is 57.6 Å². The van der Waals surface area contributed by atoms with Gasteiger partial charge in [0.25, 0.3) is 0 Å². The largest absolute Gasteiger partial charge is 0.506 e. The van der Waals surface area contributed by atoms with Crippen molar-refractivity contribution in [2.75, 3.05) is 4.90 Å². The van der Waals surface area contributed by atoms with E-state index in [0.29, 0.717) is 18.5 Å². The average molecular weight is 271 g/mol. The normalized spacial score (nSPS) is 25.7. The van der Waals surface area contributed by atoms with Crippen LogP contribution in [0, 0.1) is 18.8 Å². The number of nitrogens with zero attached hydrogens (tertiary/aromatic N) is 1. The van der Waals surface area contributed by atoms with Crippen LogP contribution in [0.5, 0.6) is 5.75 Å². The predicted octanol–water partition coefficient (Wildman–Crippen LogP) is 2.55. The maximum Gasteiger partial charge on any atom is 0.238 e. The third kappa shape index (κ3) is 1.83. The summed E-state index contributed by atoms with van der Waals surface area (Å²) in [5.41, 5.74) is 2.37. The number of rotatable bonds is 1. The predicted molar refractivity (Wildman–Crippen MR) is 75.3 cm³/mol. The molecule has 3 rings (SSSR count). The van der Waals surface area contributed by atoms with Crippen molar-refractivity contribution in [2.24, 2.45) is 11.8 Å². The van der Waals surface area contributed by atoms with E-state index < -0.39 is 0 Å². The quantitative estimate of drug-likeness (QED) is 0.631. The molecule has 4 heteroatoms. The first-order valence-electron chi connectivity index (χ1n) is 6.82. The molecule has 2 aliphatic rings. The fourth-order valence-corrected chi connectivity index (χ4v) is 3.09. The maximum absolute atomic E-state index is 12.5. The van der Waals surface area contributed by atoms with Crippen molar-refractivity contribution in [3.05, 3.63) is 35.4 Å². The smallest absolute Gasteiger partial charge is 0.238 e. The summed E-state index contributed by atoms with van der Waals surface area (Å²) in [4.78, 5) is 26.2. The number of hydrogen-bond donors (Lipinski definition) is 1. The summed E-state index contributed by atoms with van der Waals surface area (Å²) in [6.45, 7) is 3.85. The van der Waals surface area contributed by atoms with Crippen LogP contribution in [0.1, 0.15) is 25.3 Å². The highest BCUT2D eigenvalue weighted by molar-refractivity contribution is 6.22. The van der Waals surface area contributed by atoms with Gasteiger partial charge in [0.2, 0.25) is 11.8 Å². The lowest BCUT2D eigenvalue weighted by Gasteiger charge is -2.18. The molecule has 104 valence electrons. The second-order valence-corrected chi connectivity index (χ2v) is 5.71. The van der Waals surface area contributed by atoms with Gasteiger partial charge in [0.05, 0.1) is 17.5 Å². The van der Waals surface area contributed by atoms with Gasteiger partial charge in [0.1, 0.15) is 5.75 Å². The molecule has 20 heavy (non-hydrogen) atoms. The van der Waals surface area contributed by atoms with Gasteiger partial charge in [-0.05, 0) is 44.4 Å². The van der Waals surface area contributed by atoms with Crippen molar-refractivity contribution in [3.8, 4) is 5.75 Å². The lowest BCUT2D eigenvalue weighted by Crippen LogP contribution is -2.31. The molecular formula is C16H17NO3. The second kappa shape index (κ2) is 4.47. The molecule has 0 saturated carbocycles.